The fourth-order valence-corrected chi connectivity index (χ4v) is 2.07. The Bertz CT molecular complexity index is 414. The Morgan fingerprint density at radius 1 is 1.13 bits per heavy atom. The molecule has 0 N–H and O–H groups in total. The molecule has 0 fully saturated rings. The van der Waals surface area contributed by atoms with E-state index in [9.17, 15) is 0 Å². The summed E-state index contributed by atoms with van der Waals surface area (Å²) >= 11 is 5.99. The Labute approximate surface area is 95.7 Å². The van der Waals surface area contributed by atoms with E-state index in [1.807, 2.05) is 18.2 Å². The van der Waals surface area contributed by atoms with Crippen LogP contribution in [0.25, 0.3) is 0 Å². The molecule has 1 aliphatic heterocycles. The Morgan fingerprint density at radius 3 is 2.40 bits per heavy atom. The third-order valence-electron chi connectivity index (χ3n) is 2.60. The molecule has 0 saturated carbocycles. The number of allylic oxidation sites excluding steroid dienone is 4. The van der Waals surface area contributed by atoms with Gasteiger partial charge in [0.05, 0.1) is 0 Å². The van der Waals surface area contributed by atoms with Crippen molar-refractivity contribution in [2.24, 2.45) is 0 Å². The number of halogens is 1. The van der Waals surface area contributed by atoms with Crippen molar-refractivity contribution in [3.8, 4) is 0 Å². The van der Waals surface area contributed by atoms with Crippen LogP contribution in [-0.2, 0) is 0 Å². The fraction of sp³-hybridized carbons (Fsp3) is 0.231. The van der Waals surface area contributed by atoms with Gasteiger partial charge in [0.25, 0.3) is 0 Å². The summed E-state index contributed by atoms with van der Waals surface area (Å²) in [6, 6.07) is 7.94. The molecule has 0 atom stereocenters. The lowest BCUT2D eigenvalue weighted by molar-refractivity contribution is 1.00. The maximum Gasteiger partial charge on any atom is 0.0469 e. The Kier molecular flexibility index (Phi) is 2.83. The highest BCUT2D eigenvalue weighted by atomic mass is 35.5. The normalized spacial score (nSPS) is 16.1. The van der Waals surface area contributed by atoms with Gasteiger partial charge < -0.3 is 4.90 Å². The fourth-order valence-electron chi connectivity index (χ4n) is 1.88. The van der Waals surface area contributed by atoms with Gasteiger partial charge in [-0.1, -0.05) is 29.8 Å². The summed E-state index contributed by atoms with van der Waals surface area (Å²) < 4.78 is 0. The van der Waals surface area contributed by atoms with Crippen LogP contribution in [-0.4, -0.2) is 0 Å². The first-order chi connectivity index (χ1) is 7.18. The molecule has 1 nitrogen and oxygen atoms in total. The number of rotatable bonds is 1. The smallest absolute Gasteiger partial charge is 0.0469 e. The first-order valence-electron chi connectivity index (χ1n) is 5.08. The largest absolute Gasteiger partial charge is 0.319 e. The predicted octanol–water partition coefficient (Wildman–Crippen LogP) is 4.36. The molecule has 1 aliphatic rings. The Hall–Kier alpha value is -1.21. The predicted molar refractivity (Wildman–Crippen MR) is 66.1 cm³/mol. The highest BCUT2D eigenvalue weighted by Gasteiger charge is 2.12. The molecule has 0 saturated heterocycles. The van der Waals surface area contributed by atoms with Gasteiger partial charge in [-0.2, -0.15) is 0 Å². The minimum Gasteiger partial charge on any atom is -0.319 e. The molecular weight excluding hydrogens is 206 g/mol. The number of hydrogen-bond donors (Lipinski definition) is 0. The van der Waals surface area contributed by atoms with Gasteiger partial charge >= 0.3 is 0 Å². The van der Waals surface area contributed by atoms with Crippen LogP contribution >= 0.6 is 11.6 Å². The molecule has 0 radical (unpaired) electrons. The van der Waals surface area contributed by atoms with Crippen LogP contribution in [0.1, 0.15) is 20.3 Å². The Balaban J connectivity index is 2.41. The first-order valence-corrected chi connectivity index (χ1v) is 5.45. The molecule has 2 rings (SSSR count). The van der Waals surface area contributed by atoms with Crippen LogP contribution in [0, 0.1) is 0 Å². The molecule has 15 heavy (non-hydrogen) atoms. The van der Waals surface area contributed by atoms with Crippen molar-refractivity contribution in [1.82, 2.24) is 0 Å². The van der Waals surface area contributed by atoms with Crippen molar-refractivity contribution in [3.63, 3.8) is 0 Å². The van der Waals surface area contributed by atoms with E-state index in [1.165, 1.54) is 11.4 Å². The van der Waals surface area contributed by atoms with E-state index >= 15 is 0 Å². The van der Waals surface area contributed by atoms with Gasteiger partial charge in [0.1, 0.15) is 0 Å². The minimum atomic E-state index is 0.777. The van der Waals surface area contributed by atoms with Crippen LogP contribution in [0.4, 0.5) is 5.69 Å². The number of nitrogens with zero attached hydrogens (tertiary/aromatic N) is 1. The van der Waals surface area contributed by atoms with Gasteiger partial charge in [-0.25, -0.2) is 0 Å². The van der Waals surface area contributed by atoms with E-state index in [-0.39, 0.29) is 0 Å². The van der Waals surface area contributed by atoms with Crippen molar-refractivity contribution >= 4 is 17.3 Å². The van der Waals surface area contributed by atoms with Gasteiger partial charge in [0.2, 0.25) is 0 Å². The Morgan fingerprint density at radius 2 is 1.80 bits per heavy atom. The third kappa shape index (κ3) is 2.07. The van der Waals surface area contributed by atoms with E-state index < -0.39 is 0 Å². The SMILES string of the molecule is CC1=CCC=C(C)N1c1cccc(Cl)c1. The van der Waals surface area contributed by atoms with Crippen molar-refractivity contribution in [1.29, 1.82) is 0 Å². The van der Waals surface area contributed by atoms with Gasteiger partial charge in [0, 0.05) is 22.1 Å². The second kappa shape index (κ2) is 4.11. The molecular formula is C13H14ClN. The second-order valence-electron chi connectivity index (χ2n) is 3.74. The average molecular weight is 220 g/mol. The van der Waals surface area contributed by atoms with Gasteiger partial charge in [-0.05, 0) is 38.5 Å². The van der Waals surface area contributed by atoms with E-state index in [0.29, 0.717) is 0 Å². The van der Waals surface area contributed by atoms with Crippen molar-refractivity contribution < 1.29 is 0 Å². The highest BCUT2D eigenvalue weighted by molar-refractivity contribution is 6.30. The van der Waals surface area contributed by atoms with E-state index in [0.717, 1.165) is 17.1 Å². The molecule has 2 heteroatoms. The molecule has 0 aromatic heterocycles. The van der Waals surface area contributed by atoms with Crippen molar-refractivity contribution in [2.45, 2.75) is 20.3 Å². The molecule has 1 aromatic carbocycles. The van der Waals surface area contributed by atoms with Crippen LogP contribution in [0.15, 0.2) is 47.8 Å². The van der Waals surface area contributed by atoms with Gasteiger partial charge in [-0.3, -0.25) is 0 Å². The van der Waals surface area contributed by atoms with E-state index in [1.54, 1.807) is 0 Å². The van der Waals surface area contributed by atoms with E-state index in [2.05, 4.69) is 37.0 Å². The number of anilines is 1. The molecule has 0 spiro atoms. The molecule has 1 heterocycles. The summed E-state index contributed by atoms with van der Waals surface area (Å²) in [5.74, 6) is 0. The van der Waals surface area contributed by atoms with Crippen molar-refractivity contribution in [2.75, 3.05) is 4.90 Å². The lowest BCUT2D eigenvalue weighted by Crippen LogP contribution is -2.20. The average Bonchev–Trinajstić information content (AvgIpc) is 2.17. The number of hydrogen-bond acceptors (Lipinski definition) is 1. The van der Waals surface area contributed by atoms with Gasteiger partial charge in [0.15, 0.2) is 0 Å². The summed E-state index contributed by atoms with van der Waals surface area (Å²) in [6.07, 6.45) is 5.45. The first kappa shape index (κ1) is 10.3. The monoisotopic (exact) mass is 219 g/mol. The number of benzene rings is 1. The maximum atomic E-state index is 5.99. The van der Waals surface area contributed by atoms with Gasteiger partial charge in [-0.15, -0.1) is 0 Å². The minimum absolute atomic E-state index is 0.777. The molecule has 0 bridgehead atoms. The quantitative estimate of drug-likeness (QED) is 0.679. The lowest BCUT2D eigenvalue weighted by Gasteiger charge is -2.29. The third-order valence-corrected chi connectivity index (χ3v) is 2.83. The van der Waals surface area contributed by atoms with Crippen LogP contribution < -0.4 is 4.90 Å². The van der Waals surface area contributed by atoms with Crippen molar-refractivity contribution in [3.05, 3.63) is 52.8 Å². The second-order valence-corrected chi connectivity index (χ2v) is 4.18. The summed E-state index contributed by atoms with van der Waals surface area (Å²) in [5, 5.41) is 0.777. The van der Waals surface area contributed by atoms with Crippen LogP contribution in [0.5, 0.6) is 0 Å². The standard InChI is InChI=1S/C13H14ClN/c1-10-5-3-6-11(2)15(10)13-8-4-7-12(14)9-13/h4-9H,3H2,1-2H3. The van der Waals surface area contributed by atoms with Crippen LogP contribution in [0.2, 0.25) is 5.02 Å². The summed E-state index contributed by atoms with van der Waals surface area (Å²) in [7, 11) is 0. The molecule has 0 unspecified atom stereocenters. The summed E-state index contributed by atoms with van der Waals surface area (Å²) in [5.41, 5.74) is 3.65. The maximum absolute atomic E-state index is 5.99. The highest BCUT2D eigenvalue weighted by Crippen LogP contribution is 2.29. The molecule has 0 aliphatic carbocycles. The molecule has 1 aromatic rings. The molecule has 0 amide bonds. The zero-order valence-corrected chi connectivity index (χ0v) is 9.75. The summed E-state index contributed by atoms with van der Waals surface area (Å²) in [6.45, 7) is 4.24. The van der Waals surface area contributed by atoms with E-state index in [4.69, 9.17) is 11.6 Å². The van der Waals surface area contributed by atoms with Crippen LogP contribution in [0.3, 0.4) is 0 Å². The summed E-state index contributed by atoms with van der Waals surface area (Å²) in [4.78, 5) is 2.22. The zero-order chi connectivity index (χ0) is 10.8. The zero-order valence-electron chi connectivity index (χ0n) is 9.00. The molecule has 78 valence electrons. The topological polar surface area (TPSA) is 3.24 Å². The lowest BCUT2D eigenvalue weighted by atomic mass is 10.1.